The molecule has 0 amide bonds. The minimum Gasteiger partial charge on any atom is -0.339 e. The number of hydrogen-bond donors (Lipinski definition) is 0. The Morgan fingerprint density at radius 3 is 2.70 bits per heavy atom. The molecule has 20 heavy (non-hydrogen) atoms. The van der Waals surface area contributed by atoms with Gasteiger partial charge in [0.1, 0.15) is 5.69 Å². The van der Waals surface area contributed by atoms with Crippen molar-refractivity contribution in [1.82, 2.24) is 19.9 Å². The Morgan fingerprint density at radius 2 is 2.05 bits per heavy atom. The zero-order valence-electron chi connectivity index (χ0n) is 10.8. The number of aryl methyl sites for hydroxylation is 1. The maximum atomic E-state index is 8.75. The van der Waals surface area contributed by atoms with Crippen LogP contribution in [0, 0.1) is 11.3 Å². The minimum absolute atomic E-state index is 0.481. The predicted octanol–water partition coefficient (Wildman–Crippen LogP) is 1.93. The molecule has 0 saturated heterocycles. The molecule has 0 spiro atoms. The number of nitriles is 1. The van der Waals surface area contributed by atoms with E-state index < -0.39 is 0 Å². The van der Waals surface area contributed by atoms with Crippen molar-refractivity contribution in [3.8, 4) is 17.6 Å². The van der Waals surface area contributed by atoms with Crippen LogP contribution < -0.4 is 0 Å². The van der Waals surface area contributed by atoms with E-state index in [1.54, 1.807) is 16.8 Å². The molecular weight excluding hydrogens is 254 g/mol. The maximum absolute atomic E-state index is 8.75. The first-order valence-electron chi connectivity index (χ1n) is 6.06. The number of nitrogens with zero attached hydrogens (tertiary/aromatic N) is 5. The molecule has 0 atom stereocenters. The average Bonchev–Trinajstić information content (AvgIpc) is 3.09. The van der Waals surface area contributed by atoms with Gasteiger partial charge in [-0.05, 0) is 23.8 Å². The molecule has 0 aliphatic carbocycles. The highest BCUT2D eigenvalue weighted by atomic mass is 16.5. The predicted molar refractivity (Wildman–Crippen MR) is 70.5 cm³/mol. The highest BCUT2D eigenvalue weighted by molar-refractivity contribution is 5.46. The molecule has 0 aliphatic heterocycles. The first-order valence-corrected chi connectivity index (χ1v) is 6.06. The molecule has 98 valence electrons. The number of rotatable bonds is 3. The van der Waals surface area contributed by atoms with E-state index in [9.17, 15) is 0 Å². The summed E-state index contributed by atoms with van der Waals surface area (Å²) >= 11 is 0. The van der Waals surface area contributed by atoms with Crippen molar-refractivity contribution < 1.29 is 4.52 Å². The second-order valence-corrected chi connectivity index (χ2v) is 4.37. The number of benzene rings is 1. The Balaban J connectivity index is 1.78. The largest absolute Gasteiger partial charge is 0.339 e. The first-order chi connectivity index (χ1) is 9.74. The van der Waals surface area contributed by atoms with Crippen LogP contribution in [0.25, 0.3) is 11.5 Å². The van der Waals surface area contributed by atoms with Gasteiger partial charge >= 0.3 is 0 Å². The van der Waals surface area contributed by atoms with Crippen molar-refractivity contribution in [2.45, 2.75) is 6.42 Å². The molecule has 2 aromatic heterocycles. The van der Waals surface area contributed by atoms with Crippen LogP contribution in [0.15, 0.2) is 41.1 Å². The van der Waals surface area contributed by atoms with Crippen LogP contribution in [0.1, 0.15) is 17.0 Å². The van der Waals surface area contributed by atoms with Gasteiger partial charge in [0.15, 0.2) is 0 Å². The summed E-state index contributed by atoms with van der Waals surface area (Å²) in [4.78, 5) is 4.31. The summed E-state index contributed by atoms with van der Waals surface area (Å²) in [5.41, 5.74) is 2.33. The molecule has 0 unspecified atom stereocenters. The summed E-state index contributed by atoms with van der Waals surface area (Å²) in [6.45, 7) is 0. The lowest BCUT2D eigenvalue weighted by Gasteiger charge is -1.95. The zero-order chi connectivity index (χ0) is 13.9. The van der Waals surface area contributed by atoms with Gasteiger partial charge in [-0.1, -0.05) is 17.3 Å². The van der Waals surface area contributed by atoms with E-state index in [2.05, 4.69) is 21.3 Å². The highest BCUT2D eigenvalue weighted by Crippen LogP contribution is 2.15. The Kier molecular flexibility index (Phi) is 3.01. The molecule has 0 N–H and O–H groups in total. The second-order valence-electron chi connectivity index (χ2n) is 4.37. The average molecular weight is 265 g/mol. The normalized spacial score (nSPS) is 10.4. The molecule has 0 radical (unpaired) electrons. The number of hydrogen-bond acceptors (Lipinski definition) is 5. The summed E-state index contributed by atoms with van der Waals surface area (Å²) in [6, 6.07) is 11.2. The Bertz CT molecular complexity index is 763. The Hall–Kier alpha value is -2.94. The lowest BCUT2D eigenvalue weighted by Crippen LogP contribution is -1.90. The van der Waals surface area contributed by atoms with Gasteiger partial charge < -0.3 is 4.52 Å². The molecule has 0 saturated carbocycles. The van der Waals surface area contributed by atoms with Gasteiger partial charge in [0.2, 0.25) is 11.7 Å². The summed E-state index contributed by atoms with van der Waals surface area (Å²) < 4.78 is 6.90. The number of aromatic nitrogens is 4. The van der Waals surface area contributed by atoms with Gasteiger partial charge in [-0.3, -0.25) is 4.68 Å². The third kappa shape index (κ3) is 2.42. The Labute approximate surface area is 115 Å². The summed E-state index contributed by atoms with van der Waals surface area (Å²) in [7, 11) is 1.83. The quantitative estimate of drug-likeness (QED) is 0.722. The van der Waals surface area contributed by atoms with E-state index in [4.69, 9.17) is 9.78 Å². The molecule has 2 heterocycles. The van der Waals surface area contributed by atoms with Crippen LogP contribution >= 0.6 is 0 Å². The van der Waals surface area contributed by atoms with E-state index in [0.717, 1.165) is 5.56 Å². The molecule has 3 rings (SSSR count). The van der Waals surface area contributed by atoms with E-state index in [0.29, 0.717) is 29.4 Å². The van der Waals surface area contributed by atoms with Crippen molar-refractivity contribution in [2.24, 2.45) is 7.05 Å². The van der Waals surface area contributed by atoms with Crippen LogP contribution in [0.4, 0.5) is 0 Å². The molecule has 0 fully saturated rings. The van der Waals surface area contributed by atoms with E-state index in [1.807, 2.05) is 31.4 Å². The highest BCUT2D eigenvalue weighted by Gasteiger charge is 2.11. The molecule has 0 bridgehead atoms. The van der Waals surface area contributed by atoms with Crippen LogP contribution in [0.3, 0.4) is 0 Å². The van der Waals surface area contributed by atoms with Crippen molar-refractivity contribution in [3.63, 3.8) is 0 Å². The monoisotopic (exact) mass is 265 g/mol. The van der Waals surface area contributed by atoms with Crippen molar-refractivity contribution >= 4 is 0 Å². The van der Waals surface area contributed by atoms with Crippen LogP contribution in [0.5, 0.6) is 0 Å². The standard InChI is InChI=1S/C14H11N5O/c1-19-7-6-12(17-19)14-16-13(20-18-14)8-10-2-4-11(9-15)5-3-10/h2-7H,8H2,1H3. The molecule has 6 heteroatoms. The summed E-state index contributed by atoms with van der Waals surface area (Å²) in [5, 5.41) is 16.9. The van der Waals surface area contributed by atoms with E-state index in [1.165, 1.54) is 0 Å². The molecule has 0 aliphatic rings. The van der Waals surface area contributed by atoms with Crippen molar-refractivity contribution in [3.05, 3.63) is 53.5 Å². The minimum atomic E-state index is 0.481. The van der Waals surface area contributed by atoms with Gasteiger partial charge in [0, 0.05) is 13.2 Å². The molecular formula is C14H11N5O. The molecule has 6 nitrogen and oxygen atoms in total. The topological polar surface area (TPSA) is 80.5 Å². The maximum Gasteiger partial charge on any atom is 0.231 e. The molecule has 1 aromatic carbocycles. The SMILES string of the molecule is Cn1ccc(-c2noc(Cc3ccc(C#N)cc3)n2)n1. The van der Waals surface area contributed by atoms with Gasteiger partial charge in [0.05, 0.1) is 18.1 Å². The zero-order valence-corrected chi connectivity index (χ0v) is 10.8. The van der Waals surface area contributed by atoms with Gasteiger partial charge in [0.25, 0.3) is 0 Å². The summed E-state index contributed by atoms with van der Waals surface area (Å²) in [5.74, 6) is 1.00. The van der Waals surface area contributed by atoms with Gasteiger partial charge in [-0.2, -0.15) is 15.3 Å². The lowest BCUT2D eigenvalue weighted by molar-refractivity contribution is 0.385. The van der Waals surface area contributed by atoms with Crippen LogP contribution in [-0.2, 0) is 13.5 Å². The van der Waals surface area contributed by atoms with Gasteiger partial charge in [-0.15, -0.1) is 0 Å². The second kappa shape index (κ2) is 4.97. The third-order valence-corrected chi connectivity index (χ3v) is 2.85. The smallest absolute Gasteiger partial charge is 0.231 e. The van der Waals surface area contributed by atoms with E-state index in [-0.39, 0.29) is 0 Å². The first kappa shape index (κ1) is 12.1. The van der Waals surface area contributed by atoms with Crippen LogP contribution in [-0.4, -0.2) is 19.9 Å². The Morgan fingerprint density at radius 1 is 1.25 bits per heavy atom. The molecule has 3 aromatic rings. The van der Waals surface area contributed by atoms with Crippen molar-refractivity contribution in [2.75, 3.05) is 0 Å². The fourth-order valence-electron chi connectivity index (χ4n) is 1.84. The van der Waals surface area contributed by atoms with Crippen molar-refractivity contribution in [1.29, 1.82) is 5.26 Å². The van der Waals surface area contributed by atoms with E-state index >= 15 is 0 Å². The fourth-order valence-corrected chi connectivity index (χ4v) is 1.84. The summed E-state index contributed by atoms with van der Waals surface area (Å²) in [6.07, 6.45) is 2.36. The van der Waals surface area contributed by atoms with Gasteiger partial charge in [-0.25, -0.2) is 0 Å². The van der Waals surface area contributed by atoms with Crippen LogP contribution in [0.2, 0.25) is 0 Å². The fraction of sp³-hybridized carbons (Fsp3) is 0.143. The third-order valence-electron chi connectivity index (χ3n) is 2.85. The lowest BCUT2D eigenvalue weighted by atomic mass is 10.1.